The highest BCUT2D eigenvalue weighted by Gasteiger charge is 2.01. The van der Waals surface area contributed by atoms with Crippen molar-refractivity contribution >= 4 is 11.9 Å². The second-order valence-electron chi connectivity index (χ2n) is 2.69. The van der Waals surface area contributed by atoms with Crippen molar-refractivity contribution in [3.05, 3.63) is 35.9 Å². The molecule has 1 aromatic rings. The SMILES string of the molecule is CC(O)C(=O)O.O=C(O)c1ccccc1. The van der Waals surface area contributed by atoms with Gasteiger partial charge in [-0.3, -0.25) is 0 Å². The van der Waals surface area contributed by atoms with Gasteiger partial charge in [-0.05, 0) is 19.1 Å². The van der Waals surface area contributed by atoms with Crippen molar-refractivity contribution in [3.8, 4) is 0 Å². The summed E-state index contributed by atoms with van der Waals surface area (Å²) in [5, 5.41) is 24.2. The minimum atomic E-state index is -1.23. The first-order chi connectivity index (χ1) is 6.95. The van der Waals surface area contributed by atoms with Gasteiger partial charge in [-0.15, -0.1) is 0 Å². The molecule has 0 saturated heterocycles. The number of aliphatic hydroxyl groups excluding tert-OH is 1. The van der Waals surface area contributed by atoms with Gasteiger partial charge >= 0.3 is 11.9 Å². The zero-order chi connectivity index (χ0) is 11.8. The molecular weight excluding hydrogens is 200 g/mol. The Morgan fingerprint density at radius 2 is 1.53 bits per heavy atom. The van der Waals surface area contributed by atoms with E-state index in [1.54, 1.807) is 30.3 Å². The fourth-order valence-electron chi connectivity index (χ4n) is 0.581. The summed E-state index contributed by atoms with van der Waals surface area (Å²) in [6, 6.07) is 8.30. The number of carbonyl (C=O) groups is 2. The molecule has 0 bridgehead atoms. The van der Waals surface area contributed by atoms with Crippen molar-refractivity contribution in [1.82, 2.24) is 0 Å². The lowest BCUT2D eigenvalue weighted by Crippen LogP contribution is -2.13. The molecule has 0 radical (unpaired) electrons. The molecule has 0 spiro atoms. The van der Waals surface area contributed by atoms with Gasteiger partial charge in [-0.1, -0.05) is 18.2 Å². The van der Waals surface area contributed by atoms with Crippen molar-refractivity contribution in [2.45, 2.75) is 13.0 Å². The van der Waals surface area contributed by atoms with Gasteiger partial charge in [0.1, 0.15) is 6.10 Å². The van der Waals surface area contributed by atoms with Crippen molar-refractivity contribution in [2.24, 2.45) is 0 Å². The van der Waals surface area contributed by atoms with Crippen molar-refractivity contribution in [2.75, 3.05) is 0 Å². The van der Waals surface area contributed by atoms with E-state index in [9.17, 15) is 9.59 Å². The Hall–Kier alpha value is -1.88. The first kappa shape index (κ1) is 13.1. The Kier molecular flexibility index (Phi) is 5.73. The molecule has 15 heavy (non-hydrogen) atoms. The molecular formula is C10H12O5. The predicted molar refractivity (Wildman–Crippen MR) is 52.7 cm³/mol. The van der Waals surface area contributed by atoms with E-state index in [2.05, 4.69) is 0 Å². The number of carboxylic acids is 2. The Balaban J connectivity index is 0.000000288. The summed E-state index contributed by atoms with van der Waals surface area (Å²) in [5.74, 6) is -2.06. The fourth-order valence-corrected chi connectivity index (χ4v) is 0.581. The van der Waals surface area contributed by atoms with Crippen molar-refractivity contribution in [3.63, 3.8) is 0 Å². The Morgan fingerprint density at radius 1 is 1.13 bits per heavy atom. The van der Waals surface area contributed by atoms with Gasteiger partial charge in [-0.2, -0.15) is 0 Å². The largest absolute Gasteiger partial charge is 0.479 e. The van der Waals surface area contributed by atoms with E-state index in [1.165, 1.54) is 6.92 Å². The van der Waals surface area contributed by atoms with E-state index >= 15 is 0 Å². The van der Waals surface area contributed by atoms with Crippen LogP contribution in [0.25, 0.3) is 0 Å². The molecule has 0 aliphatic carbocycles. The molecule has 0 saturated carbocycles. The average molecular weight is 212 g/mol. The van der Waals surface area contributed by atoms with Crippen LogP contribution in [0.3, 0.4) is 0 Å². The second kappa shape index (κ2) is 6.56. The number of carboxylic acid groups (broad SMARTS) is 2. The number of hydrogen-bond donors (Lipinski definition) is 3. The van der Waals surface area contributed by atoms with Gasteiger partial charge < -0.3 is 15.3 Å². The van der Waals surface area contributed by atoms with Crippen LogP contribution in [0, 0.1) is 0 Å². The third kappa shape index (κ3) is 6.23. The molecule has 1 unspecified atom stereocenters. The summed E-state index contributed by atoms with van der Waals surface area (Å²) in [4.78, 5) is 19.6. The van der Waals surface area contributed by atoms with E-state index in [1.807, 2.05) is 0 Å². The topological polar surface area (TPSA) is 94.8 Å². The Bertz CT molecular complexity index is 318. The van der Waals surface area contributed by atoms with E-state index in [0.717, 1.165) is 0 Å². The highest BCUT2D eigenvalue weighted by Crippen LogP contribution is 1.96. The molecule has 0 aliphatic rings. The third-order valence-electron chi connectivity index (χ3n) is 1.38. The summed E-state index contributed by atoms with van der Waals surface area (Å²) in [5.41, 5.74) is 0.331. The molecule has 1 rings (SSSR count). The molecule has 5 nitrogen and oxygen atoms in total. The minimum absolute atomic E-state index is 0.331. The second-order valence-corrected chi connectivity index (χ2v) is 2.69. The number of aromatic carboxylic acids is 1. The number of aliphatic hydroxyl groups is 1. The maximum atomic E-state index is 10.2. The third-order valence-corrected chi connectivity index (χ3v) is 1.38. The van der Waals surface area contributed by atoms with Crippen LogP contribution in [0.4, 0.5) is 0 Å². The summed E-state index contributed by atoms with van der Waals surface area (Å²) in [6.07, 6.45) is -1.23. The lowest BCUT2D eigenvalue weighted by atomic mass is 10.2. The maximum Gasteiger partial charge on any atom is 0.335 e. The summed E-state index contributed by atoms with van der Waals surface area (Å²) in [6.45, 7) is 1.20. The first-order valence-electron chi connectivity index (χ1n) is 4.14. The van der Waals surface area contributed by atoms with E-state index in [0.29, 0.717) is 5.56 Å². The molecule has 3 N–H and O–H groups in total. The van der Waals surface area contributed by atoms with Crippen molar-refractivity contribution in [1.29, 1.82) is 0 Å². The molecule has 5 heteroatoms. The lowest BCUT2D eigenvalue weighted by Gasteiger charge is -1.89. The van der Waals surface area contributed by atoms with Crippen LogP contribution < -0.4 is 0 Å². The van der Waals surface area contributed by atoms with Crippen LogP contribution >= 0.6 is 0 Å². The molecule has 0 heterocycles. The summed E-state index contributed by atoms with van der Waals surface area (Å²) in [7, 11) is 0. The van der Waals surface area contributed by atoms with Gasteiger partial charge in [0.2, 0.25) is 0 Å². The number of aliphatic carboxylic acids is 1. The van der Waals surface area contributed by atoms with Crippen LogP contribution in [-0.2, 0) is 4.79 Å². The lowest BCUT2D eigenvalue weighted by molar-refractivity contribution is -0.145. The zero-order valence-corrected chi connectivity index (χ0v) is 8.12. The summed E-state index contributed by atoms with van der Waals surface area (Å²) >= 11 is 0. The highest BCUT2D eigenvalue weighted by atomic mass is 16.4. The zero-order valence-electron chi connectivity index (χ0n) is 8.12. The van der Waals surface area contributed by atoms with Crippen LogP contribution in [0.5, 0.6) is 0 Å². The smallest absolute Gasteiger partial charge is 0.335 e. The number of hydrogen-bond acceptors (Lipinski definition) is 3. The van der Waals surface area contributed by atoms with E-state index in [4.69, 9.17) is 15.3 Å². The first-order valence-corrected chi connectivity index (χ1v) is 4.14. The van der Waals surface area contributed by atoms with Gasteiger partial charge in [0.15, 0.2) is 0 Å². The van der Waals surface area contributed by atoms with Gasteiger partial charge in [-0.25, -0.2) is 9.59 Å². The normalized spacial score (nSPS) is 10.8. The van der Waals surface area contributed by atoms with Crippen LogP contribution in [-0.4, -0.2) is 33.4 Å². The van der Waals surface area contributed by atoms with Crippen molar-refractivity contribution < 1.29 is 24.9 Å². The highest BCUT2D eigenvalue weighted by molar-refractivity contribution is 5.87. The van der Waals surface area contributed by atoms with Gasteiger partial charge in [0.05, 0.1) is 5.56 Å². The van der Waals surface area contributed by atoms with Gasteiger partial charge in [0.25, 0.3) is 0 Å². The molecule has 82 valence electrons. The van der Waals surface area contributed by atoms with Crippen LogP contribution in [0.1, 0.15) is 17.3 Å². The van der Waals surface area contributed by atoms with E-state index < -0.39 is 18.0 Å². The Labute approximate surface area is 86.6 Å². The number of rotatable bonds is 2. The molecule has 0 aromatic heterocycles. The van der Waals surface area contributed by atoms with Crippen LogP contribution in [0.2, 0.25) is 0 Å². The molecule has 0 amide bonds. The van der Waals surface area contributed by atoms with E-state index in [-0.39, 0.29) is 0 Å². The van der Waals surface area contributed by atoms with Gasteiger partial charge in [0, 0.05) is 0 Å². The van der Waals surface area contributed by atoms with Crippen LogP contribution in [0.15, 0.2) is 30.3 Å². The number of benzene rings is 1. The molecule has 0 aliphatic heterocycles. The molecule has 1 atom stereocenters. The molecule has 1 aromatic carbocycles. The minimum Gasteiger partial charge on any atom is -0.479 e. The molecule has 0 fully saturated rings. The monoisotopic (exact) mass is 212 g/mol. The average Bonchev–Trinajstić information content (AvgIpc) is 2.20. The Morgan fingerprint density at radius 3 is 1.73 bits per heavy atom. The fraction of sp³-hybridized carbons (Fsp3) is 0.200. The quantitative estimate of drug-likeness (QED) is 0.675. The summed E-state index contributed by atoms with van der Waals surface area (Å²) < 4.78 is 0. The standard InChI is InChI=1S/C7H6O2.C3H6O3/c8-7(9)6-4-2-1-3-5-6;1-2(4)3(5)6/h1-5H,(H,8,9);2,4H,1H3,(H,5,6). The predicted octanol–water partition coefficient (Wildman–Crippen LogP) is 0.837. The maximum absolute atomic E-state index is 10.2.